The second kappa shape index (κ2) is 12.4. The number of aliphatic imine (C=N–C) groups is 1. The molecule has 0 bridgehead atoms. The zero-order valence-electron chi connectivity index (χ0n) is 22.4. The summed E-state index contributed by atoms with van der Waals surface area (Å²) in [6.45, 7) is 17.9. The number of rotatable bonds is 9. The van der Waals surface area contributed by atoms with Gasteiger partial charge in [-0.1, -0.05) is 19.2 Å². The van der Waals surface area contributed by atoms with Gasteiger partial charge in [-0.25, -0.2) is 8.78 Å². The van der Waals surface area contributed by atoms with Gasteiger partial charge < -0.3 is 15.1 Å². The van der Waals surface area contributed by atoms with Crippen molar-refractivity contribution < 1.29 is 8.78 Å². The van der Waals surface area contributed by atoms with E-state index in [0.29, 0.717) is 29.2 Å². The Labute approximate surface area is 233 Å². The Morgan fingerprint density at radius 2 is 1.92 bits per heavy atom. The van der Waals surface area contributed by atoms with E-state index in [1.165, 1.54) is 11.0 Å². The van der Waals surface area contributed by atoms with Crippen molar-refractivity contribution in [3.63, 3.8) is 0 Å². The quantitative estimate of drug-likeness (QED) is 0.260. The molecular weight excluding hydrogens is 512 g/mol. The first kappa shape index (κ1) is 28.2. The second-order valence-corrected chi connectivity index (χ2v) is 11.0. The number of halogens is 2. The Hall–Kier alpha value is -3.83. The van der Waals surface area contributed by atoms with E-state index in [0.717, 1.165) is 66.2 Å². The number of benzene rings is 2. The smallest absolute Gasteiger partial charge is 0.129 e. The molecule has 0 unspecified atom stereocenters. The highest BCUT2D eigenvalue weighted by Gasteiger charge is 2.25. The fourth-order valence-corrected chi connectivity index (χ4v) is 5.98. The highest BCUT2D eigenvalue weighted by atomic mass is 32.2. The first-order valence-electron chi connectivity index (χ1n) is 12.8. The number of piperidine rings is 1. The number of hydrogen-bond acceptors (Lipinski definition) is 6. The summed E-state index contributed by atoms with van der Waals surface area (Å²) in [5.41, 5.74) is 6.06. The van der Waals surface area contributed by atoms with E-state index < -0.39 is 11.6 Å². The lowest BCUT2D eigenvalue weighted by atomic mass is 9.89. The second-order valence-electron chi connectivity index (χ2n) is 9.83. The first-order valence-corrected chi connectivity index (χ1v) is 13.8. The van der Waals surface area contributed by atoms with Gasteiger partial charge >= 0.3 is 0 Å². The van der Waals surface area contributed by atoms with E-state index in [-0.39, 0.29) is 0 Å². The van der Waals surface area contributed by atoms with Crippen LogP contribution >= 0.6 is 11.8 Å². The minimum absolute atomic E-state index is 0.306. The van der Waals surface area contributed by atoms with Crippen LogP contribution in [-0.2, 0) is 6.42 Å². The topological polar surface area (TPSA) is 54.7 Å². The Morgan fingerprint density at radius 1 is 1.18 bits per heavy atom. The van der Waals surface area contributed by atoms with Crippen molar-refractivity contribution >= 4 is 29.9 Å². The minimum Gasteiger partial charge on any atom is -0.370 e. The molecule has 4 rings (SSSR count). The molecule has 0 radical (unpaired) electrons. The Balaban J connectivity index is 1.50. The molecule has 2 aliphatic heterocycles. The van der Waals surface area contributed by atoms with Crippen molar-refractivity contribution in [1.29, 1.82) is 5.26 Å². The number of nitriles is 1. The maximum absolute atomic E-state index is 14.2. The van der Waals surface area contributed by atoms with E-state index in [1.54, 1.807) is 24.0 Å². The predicted octanol–water partition coefficient (Wildman–Crippen LogP) is 7.58. The molecule has 2 aliphatic rings. The maximum Gasteiger partial charge on any atom is 0.129 e. The van der Waals surface area contributed by atoms with Crippen LogP contribution in [-0.4, -0.2) is 30.6 Å². The van der Waals surface area contributed by atoms with E-state index in [1.807, 2.05) is 18.2 Å². The third-order valence-electron chi connectivity index (χ3n) is 7.40. The molecule has 0 atom stereocenters. The van der Waals surface area contributed by atoms with Crippen LogP contribution in [0.2, 0.25) is 0 Å². The summed E-state index contributed by atoms with van der Waals surface area (Å²) < 4.78 is 27.5. The largest absolute Gasteiger partial charge is 0.370 e. The summed E-state index contributed by atoms with van der Waals surface area (Å²) in [7, 11) is 0. The molecule has 5 nitrogen and oxygen atoms in total. The van der Waals surface area contributed by atoms with Crippen LogP contribution < -0.4 is 10.2 Å². The van der Waals surface area contributed by atoms with Crippen LogP contribution in [0.4, 0.5) is 20.2 Å². The lowest BCUT2D eigenvalue weighted by molar-refractivity contribution is 0.397. The molecule has 1 N–H and O–H groups in total. The van der Waals surface area contributed by atoms with Crippen molar-refractivity contribution in [2.75, 3.05) is 29.2 Å². The number of nitrogens with zero attached hydrogens (tertiary/aromatic N) is 4. The average molecular weight is 546 g/mol. The standard InChI is InChI=1S/C31H33F2N5S/c1-20(28(18-35-5)22(3)38-19-39-23(4)21(38)2)36-30-15-25(17-34)6-9-31(30)37-12-10-24(11-13-37)14-26-7-8-27(32)16-29(26)33/h6-9,15-16,18,24,36H,1,3,5,10-14,19H2,2,4H3/b28-18-. The molecule has 1 saturated heterocycles. The van der Waals surface area contributed by atoms with E-state index in [9.17, 15) is 14.0 Å². The molecule has 2 aromatic carbocycles. The van der Waals surface area contributed by atoms with E-state index in [2.05, 4.69) is 59.9 Å². The summed E-state index contributed by atoms with van der Waals surface area (Å²) in [5.74, 6) is 0.0346. The van der Waals surface area contributed by atoms with Gasteiger partial charge in [0.2, 0.25) is 0 Å². The van der Waals surface area contributed by atoms with Crippen molar-refractivity contribution in [2.24, 2.45) is 10.9 Å². The van der Waals surface area contributed by atoms with Crippen LogP contribution in [0.5, 0.6) is 0 Å². The molecule has 0 amide bonds. The molecule has 202 valence electrons. The molecule has 1 fully saturated rings. The number of hydrogen-bond donors (Lipinski definition) is 1. The predicted molar refractivity (Wildman–Crippen MR) is 158 cm³/mol. The highest BCUT2D eigenvalue weighted by molar-refractivity contribution is 8.03. The van der Waals surface area contributed by atoms with Crippen LogP contribution in [0.3, 0.4) is 0 Å². The highest BCUT2D eigenvalue weighted by Crippen LogP contribution is 2.38. The lowest BCUT2D eigenvalue weighted by Crippen LogP contribution is -2.35. The SMILES string of the molecule is C=N/C=C(/C(=C)Nc1cc(C#N)ccc1N1CCC(Cc2ccc(F)cc2F)CC1)C(=C)N1CSC(C)=C1C. The van der Waals surface area contributed by atoms with Crippen LogP contribution in [0.25, 0.3) is 0 Å². The molecular formula is C31H33F2N5S. The van der Waals surface area contributed by atoms with E-state index >= 15 is 0 Å². The molecule has 2 aromatic rings. The van der Waals surface area contributed by atoms with Gasteiger partial charge in [0.1, 0.15) is 11.6 Å². The molecule has 0 saturated carbocycles. The average Bonchev–Trinajstić information content (AvgIpc) is 3.26. The fraction of sp³-hybridized carbons (Fsp3) is 0.290. The Bertz CT molecular complexity index is 1400. The Morgan fingerprint density at radius 3 is 2.54 bits per heavy atom. The van der Waals surface area contributed by atoms with Crippen molar-refractivity contribution in [1.82, 2.24) is 4.90 Å². The minimum atomic E-state index is -0.556. The zero-order chi connectivity index (χ0) is 28.1. The van der Waals surface area contributed by atoms with Crippen LogP contribution in [0, 0.1) is 28.9 Å². The number of nitrogens with one attached hydrogen (secondary N) is 1. The van der Waals surface area contributed by atoms with Gasteiger partial charge in [-0.15, -0.1) is 11.8 Å². The Kier molecular flexibility index (Phi) is 8.93. The van der Waals surface area contributed by atoms with Gasteiger partial charge in [0.05, 0.1) is 28.9 Å². The van der Waals surface area contributed by atoms with Crippen LogP contribution in [0.15, 0.2) is 88.3 Å². The molecule has 0 aliphatic carbocycles. The summed E-state index contributed by atoms with van der Waals surface area (Å²) in [5, 5.41) is 13.0. The monoisotopic (exact) mass is 545 g/mol. The van der Waals surface area contributed by atoms with Gasteiger partial charge in [-0.3, -0.25) is 4.99 Å². The summed E-state index contributed by atoms with van der Waals surface area (Å²) in [6.07, 6.45) is 3.98. The van der Waals surface area contributed by atoms with Gasteiger partial charge in [0.15, 0.2) is 0 Å². The molecule has 39 heavy (non-hydrogen) atoms. The van der Waals surface area contributed by atoms with Crippen molar-refractivity contribution in [2.45, 2.75) is 33.1 Å². The molecule has 0 spiro atoms. The third-order valence-corrected chi connectivity index (χ3v) is 8.51. The summed E-state index contributed by atoms with van der Waals surface area (Å²) in [4.78, 5) is 9.65. The number of thioether (sulfide) groups is 1. The first-order chi connectivity index (χ1) is 18.7. The maximum atomic E-state index is 14.2. The van der Waals surface area contributed by atoms with Gasteiger partial charge in [0.25, 0.3) is 0 Å². The van der Waals surface area contributed by atoms with Gasteiger partial charge in [-0.2, -0.15) is 5.26 Å². The molecule has 8 heteroatoms. The number of anilines is 2. The van der Waals surface area contributed by atoms with Crippen molar-refractivity contribution in [3.8, 4) is 6.07 Å². The van der Waals surface area contributed by atoms with Gasteiger partial charge in [0, 0.05) is 52.9 Å². The summed E-state index contributed by atoms with van der Waals surface area (Å²) in [6, 6.07) is 11.6. The fourth-order valence-electron chi connectivity index (χ4n) is 4.98. The van der Waals surface area contributed by atoms with Crippen molar-refractivity contribution in [3.05, 3.63) is 106 Å². The normalized spacial score (nSPS) is 16.3. The molecule has 2 heterocycles. The van der Waals surface area contributed by atoms with Crippen LogP contribution in [0.1, 0.15) is 37.8 Å². The summed E-state index contributed by atoms with van der Waals surface area (Å²) >= 11 is 1.76. The van der Waals surface area contributed by atoms with Gasteiger partial charge in [-0.05, 0) is 75.6 Å². The third kappa shape index (κ3) is 6.43. The van der Waals surface area contributed by atoms with E-state index in [4.69, 9.17) is 0 Å². The molecule has 0 aromatic heterocycles. The number of allylic oxidation sites excluding steroid dienone is 2. The zero-order valence-corrected chi connectivity index (χ0v) is 23.3. The lowest BCUT2D eigenvalue weighted by Gasteiger charge is -2.35.